The van der Waals surface area contributed by atoms with Crippen LogP contribution in [0.15, 0.2) is 24.4 Å². The van der Waals surface area contributed by atoms with E-state index in [9.17, 15) is 4.79 Å². The van der Waals surface area contributed by atoms with E-state index in [0.717, 1.165) is 22.3 Å². The van der Waals surface area contributed by atoms with Gasteiger partial charge < -0.3 is 4.74 Å². The van der Waals surface area contributed by atoms with Crippen molar-refractivity contribution in [1.82, 2.24) is 4.98 Å². The second-order valence-corrected chi connectivity index (χ2v) is 4.83. The highest BCUT2D eigenvalue weighted by Crippen LogP contribution is 2.41. The van der Waals surface area contributed by atoms with Gasteiger partial charge in [-0.2, -0.15) is 5.26 Å². The van der Waals surface area contributed by atoms with Crippen molar-refractivity contribution in [2.24, 2.45) is 0 Å². The van der Waals surface area contributed by atoms with E-state index in [1.807, 2.05) is 6.07 Å². The average Bonchev–Trinajstić information content (AvgIpc) is 2.86. The summed E-state index contributed by atoms with van der Waals surface area (Å²) < 4.78 is 4.71. The van der Waals surface area contributed by atoms with Gasteiger partial charge in [-0.15, -0.1) is 0 Å². The number of esters is 1. The summed E-state index contributed by atoms with van der Waals surface area (Å²) in [6.45, 7) is 0. The summed E-state index contributed by atoms with van der Waals surface area (Å²) in [6.07, 6.45) is 2.05. The van der Waals surface area contributed by atoms with Crippen LogP contribution in [0.5, 0.6) is 0 Å². The Labute approximate surface area is 120 Å². The molecule has 20 heavy (non-hydrogen) atoms. The molecule has 0 fully saturated rings. The lowest BCUT2D eigenvalue weighted by Gasteiger charge is -2.05. The van der Waals surface area contributed by atoms with Gasteiger partial charge in [0.2, 0.25) is 0 Å². The third-order valence-electron chi connectivity index (χ3n) is 3.42. The van der Waals surface area contributed by atoms with Gasteiger partial charge in [-0.05, 0) is 28.8 Å². The smallest absolute Gasteiger partial charge is 0.337 e. The van der Waals surface area contributed by atoms with Crippen molar-refractivity contribution in [1.29, 1.82) is 5.26 Å². The fraction of sp³-hybridized carbons (Fsp3) is 0.133. The molecule has 4 nitrogen and oxygen atoms in total. The first-order valence-electron chi connectivity index (χ1n) is 5.94. The molecule has 5 heteroatoms. The van der Waals surface area contributed by atoms with Gasteiger partial charge in [-0.25, -0.2) is 9.78 Å². The first-order valence-corrected chi connectivity index (χ1v) is 6.32. The van der Waals surface area contributed by atoms with Gasteiger partial charge >= 0.3 is 5.97 Å². The maximum Gasteiger partial charge on any atom is 0.337 e. The minimum Gasteiger partial charge on any atom is -0.465 e. The van der Waals surface area contributed by atoms with Crippen LogP contribution in [0.25, 0.3) is 11.1 Å². The van der Waals surface area contributed by atoms with Crippen LogP contribution in [0.3, 0.4) is 0 Å². The van der Waals surface area contributed by atoms with E-state index < -0.39 is 0 Å². The molecule has 0 unspecified atom stereocenters. The van der Waals surface area contributed by atoms with Crippen LogP contribution < -0.4 is 0 Å². The third-order valence-corrected chi connectivity index (χ3v) is 3.71. The van der Waals surface area contributed by atoms with Crippen LogP contribution >= 0.6 is 11.6 Å². The van der Waals surface area contributed by atoms with Gasteiger partial charge in [0.15, 0.2) is 0 Å². The number of rotatable bonds is 1. The van der Waals surface area contributed by atoms with E-state index >= 15 is 0 Å². The zero-order valence-corrected chi connectivity index (χ0v) is 11.4. The topological polar surface area (TPSA) is 63.0 Å². The van der Waals surface area contributed by atoms with Crippen LogP contribution in [0.2, 0.25) is 5.15 Å². The standard InChI is InChI=1S/C15H9ClN2O2/c1-20-15(19)8-2-3-11-9(4-8)5-12-10(6-17)7-18-14(16)13(11)12/h2-4,7H,5H2,1H3. The minimum atomic E-state index is -0.381. The quantitative estimate of drug-likeness (QED) is 0.509. The summed E-state index contributed by atoms with van der Waals surface area (Å²) in [5.74, 6) is -0.381. The Balaban J connectivity index is 2.19. The molecule has 0 spiro atoms. The number of halogens is 1. The van der Waals surface area contributed by atoms with Crippen LogP contribution in [-0.2, 0) is 11.2 Å². The molecule has 0 N–H and O–H groups in total. The van der Waals surface area contributed by atoms with Crippen molar-refractivity contribution >= 4 is 17.6 Å². The molecule has 0 bridgehead atoms. The number of aromatic nitrogens is 1. The highest BCUT2D eigenvalue weighted by Gasteiger charge is 2.25. The van der Waals surface area contributed by atoms with Crippen LogP contribution in [-0.4, -0.2) is 18.1 Å². The number of nitriles is 1. The van der Waals surface area contributed by atoms with Crippen molar-refractivity contribution in [3.63, 3.8) is 0 Å². The fourth-order valence-electron chi connectivity index (χ4n) is 2.50. The van der Waals surface area contributed by atoms with Gasteiger partial charge in [-0.3, -0.25) is 0 Å². The van der Waals surface area contributed by atoms with E-state index in [0.29, 0.717) is 22.7 Å². The zero-order valence-electron chi connectivity index (χ0n) is 10.6. The Morgan fingerprint density at radius 1 is 1.50 bits per heavy atom. The number of carbonyl (C=O) groups excluding carboxylic acids is 1. The monoisotopic (exact) mass is 284 g/mol. The summed E-state index contributed by atoms with van der Waals surface area (Å²) >= 11 is 6.14. The number of pyridine rings is 1. The number of ether oxygens (including phenoxy) is 1. The van der Waals surface area contributed by atoms with Gasteiger partial charge in [0, 0.05) is 18.2 Å². The molecule has 0 aliphatic heterocycles. The van der Waals surface area contributed by atoms with E-state index in [2.05, 4.69) is 11.1 Å². The lowest BCUT2D eigenvalue weighted by Crippen LogP contribution is -2.01. The summed E-state index contributed by atoms with van der Waals surface area (Å²) in [4.78, 5) is 15.6. The molecule has 0 radical (unpaired) electrons. The molecule has 0 saturated heterocycles. The average molecular weight is 285 g/mol. The predicted octanol–water partition coefficient (Wildman–Crippen LogP) is 2.96. The zero-order chi connectivity index (χ0) is 14.3. The summed E-state index contributed by atoms with van der Waals surface area (Å²) in [5, 5.41) is 9.52. The number of hydrogen-bond donors (Lipinski definition) is 0. The number of carbonyl (C=O) groups is 1. The Morgan fingerprint density at radius 3 is 3.00 bits per heavy atom. The summed E-state index contributed by atoms with van der Waals surface area (Å²) in [6, 6.07) is 7.41. The molecule has 98 valence electrons. The highest BCUT2D eigenvalue weighted by atomic mass is 35.5. The lowest BCUT2D eigenvalue weighted by atomic mass is 10.0. The molecule has 2 aromatic rings. The second-order valence-electron chi connectivity index (χ2n) is 4.47. The Kier molecular flexibility index (Phi) is 2.92. The summed E-state index contributed by atoms with van der Waals surface area (Å²) in [5.41, 5.74) is 4.53. The van der Waals surface area contributed by atoms with Crippen molar-refractivity contribution in [2.45, 2.75) is 6.42 Å². The van der Waals surface area contributed by atoms with Crippen molar-refractivity contribution in [3.05, 3.63) is 51.8 Å². The first kappa shape index (κ1) is 12.6. The van der Waals surface area contributed by atoms with Crippen molar-refractivity contribution in [3.8, 4) is 17.2 Å². The molecular weight excluding hydrogens is 276 g/mol. The number of benzene rings is 1. The van der Waals surface area contributed by atoms with Crippen LogP contribution in [0, 0.1) is 11.3 Å². The van der Waals surface area contributed by atoms with Crippen LogP contribution in [0.4, 0.5) is 0 Å². The number of fused-ring (bicyclic) bond motifs is 3. The molecule has 1 aliphatic carbocycles. The molecule has 0 saturated carbocycles. The van der Waals surface area contributed by atoms with E-state index in [-0.39, 0.29) is 5.97 Å². The Hall–Kier alpha value is -2.38. The Bertz CT molecular complexity index is 778. The third kappa shape index (κ3) is 1.75. The molecule has 1 heterocycles. The van der Waals surface area contributed by atoms with E-state index in [4.69, 9.17) is 21.6 Å². The largest absolute Gasteiger partial charge is 0.465 e. The summed E-state index contributed by atoms with van der Waals surface area (Å²) in [7, 11) is 1.35. The number of nitrogens with zero attached hydrogens (tertiary/aromatic N) is 2. The minimum absolute atomic E-state index is 0.378. The van der Waals surface area contributed by atoms with Gasteiger partial charge in [0.05, 0.1) is 18.2 Å². The first-order chi connectivity index (χ1) is 9.65. The molecular formula is C15H9ClN2O2. The SMILES string of the molecule is COC(=O)c1ccc2c(c1)Cc1c(C#N)cnc(Cl)c1-2. The Morgan fingerprint density at radius 2 is 2.30 bits per heavy atom. The maximum absolute atomic E-state index is 11.6. The lowest BCUT2D eigenvalue weighted by molar-refractivity contribution is 0.0600. The molecule has 3 rings (SSSR count). The molecule has 0 atom stereocenters. The molecule has 1 aliphatic rings. The highest BCUT2D eigenvalue weighted by molar-refractivity contribution is 6.32. The van der Waals surface area contributed by atoms with E-state index in [1.54, 1.807) is 12.1 Å². The normalized spacial score (nSPS) is 11.4. The van der Waals surface area contributed by atoms with Gasteiger partial charge in [0.1, 0.15) is 11.2 Å². The van der Waals surface area contributed by atoms with Gasteiger partial charge in [0.25, 0.3) is 0 Å². The van der Waals surface area contributed by atoms with E-state index in [1.165, 1.54) is 13.3 Å². The molecule has 1 aromatic carbocycles. The number of hydrogen-bond acceptors (Lipinski definition) is 4. The van der Waals surface area contributed by atoms with Crippen molar-refractivity contribution in [2.75, 3.05) is 7.11 Å². The van der Waals surface area contributed by atoms with Crippen LogP contribution in [0.1, 0.15) is 27.0 Å². The maximum atomic E-state index is 11.6. The fourth-order valence-corrected chi connectivity index (χ4v) is 2.76. The van der Waals surface area contributed by atoms with Gasteiger partial charge in [-0.1, -0.05) is 17.7 Å². The van der Waals surface area contributed by atoms with Crippen molar-refractivity contribution < 1.29 is 9.53 Å². The number of methoxy groups -OCH3 is 1. The predicted molar refractivity (Wildman–Crippen MR) is 73.5 cm³/mol. The molecule has 1 aromatic heterocycles. The second kappa shape index (κ2) is 4.62. The molecule has 0 amide bonds.